The molecule has 0 aromatic heterocycles. The van der Waals surface area contributed by atoms with Crippen molar-refractivity contribution in [1.29, 1.82) is 0 Å². The summed E-state index contributed by atoms with van der Waals surface area (Å²) in [7, 11) is 0. The van der Waals surface area contributed by atoms with Crippen molar-refractivity contribution in [2.24, 2.45) is 5.92 Å². The molecule has 2 atom stereocenters. The molecular weight excluding hydrogens is 124 g/mol. The van der Waals surface area contributed by atoms with Crippen molar-refractivity contribution in [3.05, 3.63) is 0 Å². The second-order valence-corrected chi connectivity index (χ2v) is 3.48. The SMILES string of the molecule is CCC[C@@H]1CCC[C@@H](O)C1. The highest BCUT2D eigenvalue weighted by Gasteiger charge is 2.18. The van der Waals surface area contributed by atoms with E-state index in [1.54, 1.807) is 0 Å². The van der Waals surface area contributed by atoms with Crippen molar-refractivity contribution < 1.29 is 5.11 Å². The van der Waals surface area contributed by atoms with E-state index in [2.05, 4.69) is 6.92 Å². The first kappa shape index (κ1) is 8.06. The highest BCUT2D eigenvalue weighted by molar-refractivity contribution is 4.71. The molecule has 60 valence electrons. The average Bonchev–Trinajstić information content (AvgIpc) is 1.88. The van der Waals surface area contributed by atoms with E-state index in [4.69, 9.17) is 0 Å². The minimum Gasteiger partial charge on any atom is -0.393 e. The van der Waals surface area contributed by atoms with Gasteiger partial charge < -0.3 is 5.11 Å². The minimum absolute atomic E-state index is 0.0188. The van der Waals surface area contributed by atoms with Crippen molar-refractivity contribution in [2.75, 3.05) is 0 Å². The van der Waals surface area contributed by atoms with Gasteiger partial charge in [0, 0.05) is 0 Å². The van der Waals surface area contributed by atoms with E-state index in [1.807, 2.05) is 0 Å². The number of aliphatic hydroxyl groups is 1. The van der Waals surface area contributed by atoms with Crippen LogP contribution in [0.2, 0.25) is 0 Å². The smallest absolute Gasteiger partial charge is 0.0542 e. The molecule has 10 heavy (non-hydrogen) atoms. The second kappa shape index (κ2) is 3.97. The Balaban J connectivity index is 2.18. The third-order valence-corrected chi connectivity index (χ3v) is 2.45. The summed E-state index contributed by atoms with van der Waals surface area (Å²) in [6, 6.07) is 0. The van der Waals surface area contributed by atoms with Crippen LogP contribution in [0.25, 0.3) is 0 Å². The third kappa shape index (κ3) is 2.30. The van der Waals surface area contributed by atoms with Gasteiger partial charge in [0.1, 0.15) is 0 Å². The number of aliphatic hydroxyl groups excluding tert-OH is 1. The maximum Gasteiger partial charge on any atom is 0.0542 e. The fourth-order valence-corrected chi connectivity index (χ4v) is 1.93. The summed E-state index contributed by atoms with van der Waals surface area (Å²) >= 11 is 0. The van der Waals surface area contributed by atoms with Crippen molar-refractivity contribution in [2.45, 2.75) is 51.6 Å². The molecule has 0 bridgehead atoms. The maximum atomic E-state index is 9.31. The van der Waals surface area contributed by atoms with E-state index in [0.29, 0.717) is 0 Å². The summed E-state index contributed by atoms with van der Waals surface area (Å²) in [5.74, 6) is 0.828. The Kier molecular flexibility index (Phi) is 3.20. The Morgan fingerprint density at radius 3 is 2.80 bits per heavy atom. The molecule has 0 saturated heterocycles. The summed E-state index contributed by atoms with van der Waals surface area (Å²) in [5, 5.41) is 9.31. The fraction of sp³-hybridized carbons (Fsp3) is 1.00. The van der Waals surface area contributed by atoms with E-state index in [-0.39, 0.29) is 6.10 Å². The van der Waals surface area contributed by atoms with Crippen LogP contribution in [0.15, 0.2) is 0 Å². The van der Waals surface area contributed by atoms with E-state index in [1.165, 1.54) is 25.7 Å². The number of hydrogen-bond donors (Lipinski definition) is 1. The van der Waals surface area contributed by atoms with Crippen LogP contribution in [-0.2, 0) is 0 Å². The lowest BCUT2D eigenvalue weighted by molar-refractivity contribution is 0.0981. The van der Waals surface area contributed by atoms with Gasteiger partial charge in [-0.05, 0) is 18.8 Å². The van der Waals surface area contributed by atoms with Gasteiger partial charge in [0.2, 0.25) is 0 Å². The Labute approximate surface area is 63.4 Å². The molecule has 1 rings (SSSR count). The molecule has 1 nitrogen and oxygen atoms in total. The molecule has 1 heteroatoms. The summed E-state index contributed by atoms with van der Waals surface area (Å²) in [6.45, 7) is 2.22. The molecule has 1 N–H and O–H groups in total. The summed E-state index contributed by atoms with van der Waals surface area (Å²) in [4.78, 5) is 0. The number of hydrogen-bond acceptors (Lipinski definition) is 1. The Bertz CT molecular complexity index is 88.7. The molecule has 1 aliphatic rings. The van der Waals surface area contributed by atoms with Crippen LogP contribution in [0.5, 0.6) is 0 Å². The summed E-state index contributed by atoms with van der Waals surface area (Å²) < 4.78 is 0. The molecule has 1 saturated carbocycles. The minimum atomic E-state index is 0.0188. The van der Waals surface area contributed by atoms with Crippen LogP contribution in [0.3, 0.4) is 0 Å². The molecule has 0 aromatic rings. The van der Waals surface area contributed by atoms with Gasteiger partial charge in [-0.2, -0.15) is 0 Å². The molecule has 1 fully saturated rings. The van der Waals surface area contributed by atoms with Crippen LogP contribution >= 0.6 is 0 Å². The van der Waals surface area contributed by atoms with Crippen LogP contribution in [-0.4, -0.2) is 11.2 Å². The normalized spacial score (nSPS) is 34.2. The molecule has 0 spiro atoms. The Morgan fingerprint density at radius 2 is 2.20 bits per heavy atom. The first-order valence-corrected chi connectivity index (χ1v) is 4.51. The molecule has 0 unspecified atom stereocenters. The summed E-state index contributed by atoms with van der Waals surface area (Å²) in [6.07, 6.45) is 7.31. The first-order chi connectivity index (χ1) is 4.83. The molecular formula is C9H18O. The highest BCUT2D eigenvalue weighted by Crippen LogP contribution is 2.27. The zero-order valence-corrected chi connectivity index (χ0v) is 6.84. The predicted molar refractivity (Wildman–Crippen MR) is 42.9 cm³/mol. The third-order valence-electron chi connectivity index (χ3n) is 2.45. The van der Waals surface area contributed by atoms with Gasteiger partial charge in [0.15, 0.2) is 0 Å². The Morgan fingerprint density at radius 1 is 1.40 bits per heavy atom. The molecule has 0 aliphatic heterocycles. The number of rotatable bonds is 2. The van der Waals surface area contributed by atoms with Gasteiger partial charge in [-0.15, -0.1) is 0 Å². The lowest BCUT2D eigenvalue weighted by Gasteiger charge is -2.25. The van der Waals surface area contributed by atoms with E-state index in [9.17, 15) is 5.11 Å². The lowest BCUT2D eigenvalue weighted by Crippen LogP contribution is -2.19. The fourth-order valence-electron chi connectivity index (χ4n) is 1.93. The molecule has 0 radical (unpaired) electrons. The van der Waals surface area contributed by atoms with Gasteiger partial charge >= 0.3 is 0 Å². The van der Waals surface area contributed by atoms with E-state index >= 15 is 0 Å². The highest BCUT2D eigenvalue weighted by atomic mass is 16.3. The van der Waals surface area contributed by atoms with Crippen molar-refractivity contribution in [3.8, 4) is 0 Å². The summed E-state index contributed by atoms with van der Waals surface area (Å²) in [5.41, 5.74) is 0. The van der Waals surface area contributed by atoms with Crippen LogP contribution in [0.1, 0.15) is 45.4 Å². The van der Waals surface area contributed by atoms with Gasteiger partial charge in [-0.3, -0.25) is 0 Å². The van der Waals surface area contributed by atoms with Crippen LogP contribution < -0.4 is 0 Å². The predicted octanol–water partition coefficient (Wildman–Crippen LogP) is 2.34. The topological polar surface area (TPSA) is 20.2 Å². The molecule has 1 aliphatic carbocycles. The monoisotopic (exact) mass is 142 g/mol. The second-order valence-electron chi connectivity index (χ2n) is 3.48. The maximum absolute atomic E-state index is 9.31. The standard InChI is InChI=1S/C9H18O/c1-2-4-8-5-3-6-9(10)7-8/h8-10H,2-7H2,1H3/t8-,9-/m1/s1. The largest absolute Gasteiger partial charge is 0.393 e. The van der Waals surface area contributed by atoms with Gasteiger partial charge in [-0.1, -0.05) is 32.6 Å². The van der Waals surface area contributed by atoms with E-state index < -0.39 is 0 Å². The van der Waals surface area contributed by atoms with Crippen molar-refractivity contribution in [3.63, 3.8) is 0 Å². The molecule has 0 aromatic carbocycles. The quantitative estimate of drug-likeness (QED) is 0.627. The Hall–Kier alpha value is -0.0400. The molecule has 0 heterocycles. The zero-order valence-electron chi connectivity index (χ0n) is 6.84. The molecule has 0 amide bonds. The first-order valence-electron chi connectivity index (χ1n) is 4.51. The van der Waals surface area contributed by atoms with Gasteiger partial charge in [0.05, 0.1) is 6.10 Å². The van der Waals surface area contributed by atoms with E-state index in [0.717, 1.165) is 18.8 Å². The zero-order chi connectivity index (χ0) is 7.40. The van der Waals surface area contributed by atoms with Crippen molar-refractivity contribution >= 4 is 0 Å². The van der Waals surface area contributed by atoms with Crippen LogP contribution in [0.4, 0.5) is 0 Å². The van der Waals surface area contributed by atoms with Crippen LogP contribution in [0, 0.1) is 5.92 Å². The average molecular weight is 142 g/mol. The van der Waals surface area contributed by atoms with Gasteiger partial charge in [-0.25, -0.2) is 0 Å². The lowest BCUT2D eigenvalue weighted by atomic mass is 9.85. The van der Waals surface area contributed by atoms with Crippen molar-refractivity contribution in [1.82, 2.24) is 0 Å². The van der Waals surface area contributed by atoms with Gasteiger partial charge in [0.25, 0.3) is 0 Å².